The first-order chi connectivity index (χ1) is 6.55. The smallest absolute Gasteiger partial charge is 0.263 e. The van der Waals surface area contributed by atoms with E-state index < -0.39 is 23.7 Å². The number of hydrogen-bond donors (Lipinski definition) is 2. The van der Waals surface area contributed by atoms with Gasteiger partial charge in [0, 0.05) is 6.42 Å². The maximum absolute atomic E-state index is 12.6. The molecule has 0 radical (unpaired) electrons. The molecule has 4 atom stereocenters. The Kier molecular flexibility index (Phi) is 2.93. The minimum absolute atomic E-state index is 0.00926. The summed E-state index contributed by atoms with van der Waals surface area (Å²) in [5.74, 6) is -0.443. The van der Waals surface area contributed by atoms with E-state index in [1.807, 2.05) is 0 Å². The molecule has 0 amide bonds. The average Bonchev–Trinajstić information content (AvgIpc) is 2.39. The Bertz CT molecular complexity index is 297. The normalized spacial score (nSPS) is 45.4. The Hall–Kier alpha value is -0.920. The van der Waals surface area contributed by atoms with Gasteiger partial charge in [-0.25, -0.2) is 11.0 Å². The summed E-state index contributed by atoms with van der Waals surface area (Å²) in [4.78, 5) is 3.39. The van der Waals surface area contributed by atoms with E-state index >= 15 is 0 Å². The molecule has 0 aromatic rings. The minimum atomic E-state index is -1.25. The highest BCUT2D eigenvalue weighted by Crippen LogP contribution is 2.45. The predicted molar refractivity (Wildman–Crippen MR) is 50.0 cm³/mol. The number of aliphatic hydroxyl groups excluding tert-OH is 2. The molecule has 1 saturated carbocycles. The quantitative estimate of drug-likeness (QED) is 0.625. The highest BCUT2D eigenvalue weighted by molar-refractivity contribution is 5.36. The van der Waals surface area contributed by atoms with Crippen LogP contribution in [0.1, 0.15) is 20.3 Å². The van der Waals surface area contributed by atoms with Gasteiger partial charge < -0.3 is 15.1 Å². The van der Waals surface area contributed by atoms with Crippen LogP contribution in [0.25, 0.3) is 4.85 Å². The lowest BCUT2D eigenvalue weighted by Crippen LogP contribution is -2.32. The van der Waals surface area contributed by atoms with E-state index in [1.54, 1.807) is 13.8 Å². The highest BCUT2D eigenvalue weighted by atomic mass is 19.1. The van der Waals surface area contributed by atoms with E-state index in [9.17, 15) is 14.6 Å². The van der Waals surface area contributed by atoms with Gasteiger partial charge in [-0.3, -0.25) is 0 Å². The van der Waals surface area contributed by atoms with E-state index in [0.29, 0.717) is 6.42 Å². The zero-order valence-corrected chi connectivity index (χ0v) is 8.24. The van der Waals surface area contributed by atoms with Crippen LogP contribution in [0.4, 0.5) is 4.39 Å². The molecule has 0 heterocycles. The molecule has 1 aliphatic rings. The summed E-state index contributed by atoms with van der Waals surface area (Å²) in [5.41, 5.74) is -1.07. The van der Waals surface area contributed by atoms with Crippen molar-refractivity contribution >= 4 is 0 Å². The largest absolute Gasteiger partial charge is 0.389 e. The molecule has 0 saturated heterocycles. The topological polar surface area (TPSA) is 44.8 Å². The van der Waals surface area contributed by atoms with Crippen molar-refractivity contribution in [3.63, 3.8) is 0 Å². The van der Waals surface area contributed by atoms with Crippen molar-refractivity contribution in [1.82, 2.24) is 0 Å². The maximum atomic E-state index is 12.6. The summed E-state index contributed by atoms with van der Waals surface area (Å²) in [5, 5.41) is 19.1. The van der Waals surface area contributed by atoms with Crippen LogP contribution in [0, 0.1) is 12.5 Å². The van der Waals surface area contributed by atoms with E-state index in [1.165, 1.54) is 0 Å². The van der Waals surface area contributed by atoms with Gasteiger partial charge in [0.2, 0.25) is 0 Å². The van der Waals surface area contributed by atoms with E-state index in [0.717, 1.165) is 0 Å². The maximum Gasteiger partial charge on any atom is 0.263 e. The number of aliphatic hydroxyl groups is 2. The van der Waals surface area contributed by atoms with Crippen LogP contribution in [0.2, 0.25) is 0 Å². The fraction of sp³-hybridized carbons (Fsp3) is 0.700. The van der Waals surface area contributed by atoms with Gasteiger partial charge in [-0.15, -0.1) is 0 Å². The Labute approximate surface area is 82.7 Å². The minimum Gasteiger partial charge on any atom is -0.389 e. The lowest BCUT2D eigenvalue weighted by atomic mass is 9.83. The van der Waals surface area contributed by atoms with Gasteiger partial charge in [0.05, 0.1) is 23.9 Å². The van der Waals surface area contributed by atoms with Gasteiger partial charge >= 0.3 is 0 Å². The molecular formula is C10H14FNO2. The predicted octanol–water partition coefficient (Wildman–Crippen LogP) is 1.28. The monoisotopic (exact) mass is 199 g/mol. The molecule has 0 aliphatic heterocycles. The fourth-order valence-electron chi connectivity index (χ4n) is 2.19. The van der Waals surface area contributed by atoms with Gasteiger partial charge in [-0.1, -0.05) is 13.8 Å². The lowest BCUT2D eigenvalue weighted by Gasteiger charge is -2.20. The van der Waals surface area contributed by atoms with Crippen LogP contribution in [0.5, 0.6) is 0 Å². The molecule has 0 aromatic heterocycles. The summed E-state index contributed by atoms with van der Waals surface area (Å²) >= 11 is 0. The lowest BCUT2D eigenvalue weighted by molar-refractivity contribution is 0.0324. The van der Waals surface area contributed by atoms with Crippen LogP contribution in [0.15, 0.2) is 11.9 Å². The van der Waals surface area contributed by atoms with Crippen molar-refractivity contribution < 1.29 is 14.6 Å². The molecule has 2 N–H and O–H groups in total. The Balaban J connectivity index is 3.24. The number of rotatable bonds is 1. The van der Waals surface area contributed by atoms with Crippen LogP contribution in [-0.2, 0) is 0 Å². The summed E-state index contributed by atoms with van der Waals surface area (Å²) in [6, 6.07) is 0. The van der Waals surface area contributed by atoms with Crippen molar-refractivity contribution in [3.05, 3.63) is 23.3 Å². The summed E-state index contributed by atoms with van der Waals surface area (Å²) in [6.45, 7) is 10.5. The molecule has 14 heavy (non-hydrogen) atoms. The Morgan fingerprint density at radius 2 is 2.21 bits per heavy atom. The third-order valence-electron chi connectivity index (χ3n) is 3.26. The van der Waals surface area contributed by atoms with Gasteiger partial charge in [0.15, 0.2) is 0 Å². The Morgan fingerprint density at radius 3 is 2.50 bits per heavy atom. The fourth-order valence-corrected chi connectivity index (χ4v) is 2.19. The van der Waals surface area contributed by atoms with Gasteiger partial charge in [0.1, 0.15) is 6.10 Å². The van der Waals surface area contributed by atoms with E-state index in [-0.39, 0.29) is 11.9 Å². The second-order valence-corrected chi connectivity index (χ2v) is 3.68. The summed E-state index contributed by atoms with van der Waals surface area (Å²) in [6.07, 6.45) is -1.64. The molecular weight excluding hydrogens is 185 g/mol. The molecule has 0 aromatic carbocycles. The summed E-state index contributed by atoms with van der Waals surface area (Å²) in [7, 11) is 0. The standard InChI is InChI=1S/C10H14FNO2/c1-4-10(12-3)6(2)8(13)9(14)7(10)5-11/h5-6,8-9,13-14H,4H2,1-2H3/b7-5+/t6-,8+,9-,10-/m0/s1. The molecule has 3 nitrogen and oxygen atoms in total. The third-order valence-corrected chi connectivity index (χ3v) is 3.26. The zero-order valence-electron chi connectivity index (χ0n) is 8.24. The number of halogens is 1. The van der Waals surface area contributed by atoms with Gasteiger partial charge in [-0.2, -0.15) is 0 Å². The van der Waals surface area contributed by atoms with E-state index in [2.05, 4.69) is 4.85 Å². The number of hydrogen-bond acceptors (Lipinski definition) is 2. The SMILES string of the molecule is [C-]#[N+][C@]1(CC)/C(=C/F)[C@H](O)[C@H](O)[C@@H]1C. The molecule has 1 rings (SSSR count). The molecule has 4 heteroatoms. The Morgan fingerprint density at radius 1 is 1.64 bits per heavy atom. The average molecular weight is 199 g/mol. The second-order valence-electron chi connectivity index (χ2n) is 3.68. The van der Waals surface area contributed by atoms with Crippen molar-refractivity contribution in [2.45, 2.75) is 38.0 Å². The van der Waals surface area contributed by atoms with Crippen LogP contribution in [-0.4, -0.2) is 28.0 Å². The van der Waals surface area contributed by atoms with Crippen LogP contribution < -0.4 is 0 Å². The third kappa shape index (κ3) is 1.17. The van der Waals surface area contributed by atoms with Gasteiger partial charge in [0.25, 0.3) is 5.54 Å². The van der Waals surface area contributed by atoms with Crippen molar-refractivity contribution in [1.29, 1.82) is 0 Å². The molecule has 0 spiro atoms. The summed E-state index contributed by atoms with van der Waals surface area (Å²) < 4.78 is 12.6. The molecule has 78 valence electrons. The zero-order chi connectivity index (χ0) is 10.9. The van der Waals surface area contributed by atoms with Crippen molar-refractivity contribution in [3.8, 4) is 0 Å². The van der Waals surface area contributed by atoms with Crippen molar-refractivity contribution in [2.75, 3.05) is 0 Å². The van der Waals surface area contributed by atoms with E-state index in [4.69, 9.17) is 6.57 Å². The molecule has 0 bridgehead atoms. The highest BCUT2D eigenvalue weighted by Gasteiger charge is 2.59. The molecule has 1 aliphatic carbocycles. The van der Waals surface area contributed by atoms with Crippen molar-refractivity contribution in [2.24, 2.45) is 5.92 Å². The van der Waals surface area contributed by atoms with Gasteiger partial charge in [-0.05, 0) is 0 Å². The second kappa shape index (κ2) is 3.68. The first kappa shape index (κ1) is 11.2. The number of nitrogens with zero attached hydrogens (tertiary/aromatic N) is 1. The first-order valence-electron chi connectivity index (χ1n) is 4.60. The molecule has 1 fully saturated rings. The first-order valence-corrected chi connectivity index (χ1v) is 4.60. The molecule has 0 unspecified atom stereocenters. The van der Waals surface area contributed by atoms with Crippen LogP contribution >= 0.6 is 0 Å². The van der Waals surface area contributed by atoms with Crippen LogP contribution in [0.3, 0.4) is 0 Å².